The van der Waals surface area contributed by atoms with Crippen molar-refractivity contribution in [3.05, 3.63) is 65.2 Å². The van der Waals surface area contributed by atoms with Gasteiger partial charge in [-0.1, -0.05) is 25.1 Å². The lowest BCUT2D eigenvalue weighted by molar-refractivity contribution is 0.290. The summed E-state index contributed by atoms with van der Waals surface area (Å²) >= 11 is 0. The zero-order valence-corrected chi connectivity index (χ0v) is 17.5. The molecule has 142 valence electrons. The molecular formula is C19H25F2IN4. The van der Waals surface area contributed by atoms with Gasteiger partial charge < -0.3 is 16.0 Å². The van der Waals surface area contributed by atoms with Crippen LogP contribution < -0.4 is 11.1 Å². The summed E-state index contributed by atoms with van der Waals surface area (Å²) in [5.74, 6) is -0.973. The fourth-order valence-electron chi connectivity index (χ4n) is 2.54. The largest absolute Gasteiger partial charge is 0.370 e. The molecule has 0 fully saturated rings. The minimum Gasteiger partial charge on any atom is -0.370 e. The van der Waals surface area contributed by atoms with E-state index in [4.69, 9.17) is 5.73 Å². The van der Waals surface area contributed by atoms with Gasteiger partial charge in [-0.3, -0.25) is 4.99 Å². The van der Waals surface area contributed by atoms with Crippen molar-refractivity contribution in [2.45, 2.75) is 19.4 Å². The number of aliphatic imine (C=N–C) groups is 1. The zero-order chi connectivity index (χ0) is 18.4. The molecule has 0 saturated carbocycles. The predicted octanol–water partition coefficient (Wildman–Crippen LogP) is 4.17. The Morgan fingerprint density at radius 1 is 1.12 bits per heavy atom. The number of halogens is 3. The second-order valence-electron chi connectivity index (χ2n) is 6.02. The van der Waals surface area contributed by atoms with Gasteiger partial charge in [0.05, 0.1) is 12.6 Å². The number of aryl methyl sites for hydroxylation is 1. The molecule has 0 aliphatic heterocycles. The van der Waals surface area contributed by atoms with Crippen LogP contribution in [0.3, 0.4) is 0 Å². The Balaban J connectivity index is 0.00000338. The predicted molar refractivity (Wildman–Crippen MR) is 114 cm³/mol. The van der Waals surface area contributed by atoms with Crippen LogP contribution in [0.25, 0.3) is 0 Å². The number of anilines is 1. The van der Waals surface area contributed by atoms with Crippen LogP contribution in [0, 0.1) is 11.6 Å². The molecule has 0 aliphatic rings. The number of nitrogens with zero attached hydrogens (tertiary/aromatic N) is 2. The third kappa shape index (κ3) is 5.91. The molecular weight excluding hydrogens is 449 g/mol. The molecule has 0 heterocycles. The second-order valence-corrected chi connectivity index (χ2v) is 6.02. The van der Waals surface area contributed by atoms with Gasteiger partial charge in [-0.05, 0) is 50.3 Å². The standard InChI is InChI=1S/C19H24F2N4.HI/c1-4-13-8-10-14(11-9-13)24-19(22)23-12-17(25(2)3)18-15(20)6-5-7-16(18)21;/h5-11,17H,4,12H2,1-3H3,(H3,22,23,24);1H. The van der Waals surface area contributed by atoms with Crippen molar-refractivity contribution in [1.29, 1.82) is 0 Å². The average molecular weight is 474 g/mol. The van der Waals surface area contributed by atoms with Crippen LogP contribution in [-0.4, -0.2) is 31.5 Å². The number of hydrogen-bond donors (Lipinski definition) is 2. The third-order valence-corrected chi connectivity index (χ3v) is 4.03. The molecule has 0 saturated heterocycles. The fraction of sp³-hybridized carbons (Fsp3) is 0.316. The Bertz CT molecular complexity index is 713. The quantitative estimate of drug-likeness (QED) is 0.376. The highest BCUT2D eigenvalue weighted by molar-refractivity contribution is 14.0. The molecule has 0 aliphatic carbocycles. The lowest BCUT2D eigenvalue weighted by Gasteiger charge is -2.24. The van der Waals surface area contributed by atoms with Crippen LogP contribution in [0.15, 0.2) is 47.5 Å². The van der Waals surface area contributed by atoms with E-state index < -0.39 is 17.7 Å². The summed E-state index contributed by atoms with van der Waals surface area (Å²) in [4.78, 5) is 5.97. The summed E-state index contributed by atoms with van der Waals surface area (Å²) in [6, 6.07) is 11.1. The normalized spacial score (nSPS) is 12.6. The molecule has 0 radical (unpaired) electrons. The molecule has 0 bridgehead atoms. The zero-order valence-electron chi connectivity index (χ0n) is 15.2. The molecule has 4 nitrogen and oxygen atoms in total. The van der Waals surface area contributed by atoms with Crippen LogP contribution in [-0.2, 0) is 6.42 Å². The molecule has 7 heteroatoms. The van der Waals surface area contributed by atoms with Crippen molar-refractivity contribution < 1.29 is 8.78 Å². The van der Waals surface area contributed by atoms with Crippen molar-refractivity contribution in [3.63, 3.8) is 0 Å². The summed E-state index contributed by atoms with van der Waals surface area (Å²) in [5, 5.41) is 2.99. The minimum absolute atomic E-state index is 0. The van der Waals surface area contributed by atoms with Crippen LogP contribution >= 0.6 is 24.0 Å². The number of nitrogens with one attached hydrogen (secondary N) is 1. The molecule has 2 rings (SSSR count). The van der Waals surface area contributed by atoms with Crippen LogP contribution in [0.5, 0.6) is 0 Å². The van der Waals surface area contributed by atoms with Gasteiger partial charge >= 0.3 is 0 Å². The maximum atomic E-state index is 14.0. The summed E-state index contributed by atoms with van der Waals surface area (Å²) in [5.41, 5.74) is 7.95. The van der Waals surface area contributed by atoms with Crippen molar-refractivity contribution in [3.8, 4) is 0 Å². The number of rotatable bonds is 6. The summed E-state index contributed by atoms with van der Waals surface area (Å²) in [6.07, 6.45) is 0.961. The third-order valence-electron chi connectivity index (χ3n) is 4.03. The van der Waals surface area contributed by atoms with Gasteiger partial charge in [0.25, 0.3) is 0 Å². The highest BCUT2D eigenvalue weighted by atomic mass is 127. The summed E-state index contributed by atoms with van der Waals surface area (Å²) < 4.78 is 28.1. The van der Waals surface area contributed by atoms with Gasteiger partial charge in [-0.15, -0.1) is 24.0 Å². The highest BCUT2D eigenvalue weighted by Crippen LogP contribution is 2.24. The second kappa shape index (κ2) is 10.4. The van der Waals surface area contributed by atoms with E-state index in [-0.39, 0.29) is 42.0 Å². The van der Waals surface area contributed by atoms with Gasteiger partial charge in [-0.2, -0.15) is 0 Å². The summed E-state index contributed by atoms with van der Waals surface area (Å²) in [6.45, 7) is 2.22. The Kier molecular flexibility index (Phi) is 8.94. The van der Waals surface area contributed by atoms with E-state index >= 15 is 0 Å². The fourth-order valence-corrected chi connectivity index (χ4v) is 2.54. The highest BCUT2D eigenvalue weighted by Gasteiger charge is 2.21. The average Bonchev–Trinajstić information content (AvgIpc) is 2.57. The van der Waals surface area contributed by atoms with Gasteiger partial charge in [0.1, 0.15) is 11.6 Å². The Morgan fingerprint density at radius 2 is 1.69 bits per heavy atom. The Hall–Kier alpha value is -1.74. The number of guanidine groups is 1. The van der Waals surface area contributed by atoms with Crippen LogP contribution in [0.4, 0.5) is 14.5 Å². The van der Waals surface area contributed by atoms with Gasteiger partial charge in [0.15, 0.2) is 5.96 Å². The first kappa shape index (κ1) is 22.3. The van der Waals surface area contributed by atoms with Crippen molar-refractivity contribution in [2.75, 3.05) is 26.0 Å². The number of benzene rings is 2. The lowest BCUT2D eigenvalue weighted by atomic mass is 10.0. The molecule has 1 atom stereocenters. The van der Waals surface area contributed by atoms with E-state index in [2.05, 4.69) is 17.2 Å². The monoisotopic (exact) mass is 474 g/mol. The molecule has 0 amide bonds. The number of hydrogen-bond acceptors (Lipinski definition) is 2. The minimum atomic E-state index is -0.587. The molecule has 3 N–H and O–H groups in total. The van der Waals surface area contributed by atoms with E-state index in [1.54, 1.807) is 19.0 Å². The topological polar surface area (TPSA) is 53.6 Å². The molecule has 0 aromatic heterocycles. The van der Waals surface area contributed by atoms with Crippen molar-refractivity contribution in [1.82, 2.24) is 4.90 Å². The molecule has 26 heavy (non-hydrogen) atoms. The van der Waals surface area contributed by atoms with E-state index in [1.165, 1.54) is 23.8 Å². The molecule has 1 unspecified atom stereocenters. The first-order chi connectivity index (χ1) is 11.9. The van der Waals surface area contributed by atoms with Gasteiger partial charge in [0, 0.05) is 11.3 Å². The van der Waals surface area contributed by atoms with E-state index in [0.717, 1.165) is 12.1 Å². The molecule has 2 aromatic rings. The van der Waals surface area contributed by atoms with Crippen LogP contribution in [0.2, 0.25) is 0 Å². The first-order valence-electron chi connectivity index (χ1n) is 8.18. The maximum absolute atomic E-state index is 14.0. The van der Waals surface area contributed by atoms with E-state index in [1.807, 2.05) is 24.3 Å². The van der Waals surface area contributed by atoms with Crippen molar-refractivity contribution >= 4 is 35.6 Å². The lowest BCUT2D eigenvalue weighted by Crippen LogP contribution is -2.28. The van der Waals surface area contributed by atoms with Crippen molar-refractivity contribution in [2.24, 2.45) is 10.7 Å². The van der Waals surface area contributed by atoms with Crippen LogP contribution in [0.1, 0.15) is 24.1 Å². The number of likely N-dealkylation sites (N-methyl/N-ethyl adjacent to an activating group) is 1. The number of nitrogens with two attached hydrogens (primary N) is 1. The smallest absolute Gasteiger partial charge is 0.193 e. The maximum Gasteiger partial charge on any atom is 0.193 e. The molecule has 0 spiro atoms. The summed E-state index contributed by atoms with van der Waals surface area (Å²) in [7, 11) is 3.50. The molecule has 2 aromatic carbocycles. The van der Waals surface area contributed by atoms with E-state index in [0.29, 0.717) is 0 Å². The van der Waals surface area contributed by atoms with Gasteiger partial charge in [-0.25, -0.2) is 8.78 Å². The first-order valence-corrected chi connectivity index (χ1v) is 8.18. The van der Waals surface area contributed by atoms with E-state index in [9.17, 15) is 8.78 Å². The Labute approximate surface area is 170 Å². The van der Waals surface area contributed by atoms with Gasteiger partial charge in [0.2, 0.25) is 0 Å². The Morgan fingerprint density at radius 3 is 2.19 bits per heavy atom. The SMILES string of the molecule is CCc1ccc(NC(N)=NCC(c2c(F)cccc2F)N(C)C)cc1.I.